The Morgan fingerprint density at radius 2 is 2.00 bits per heavy atom. The molecule has 5 heteroatoms. The fourth-order valence-corrected chi connectivity index (χ4v) is 3.19. The van der Waals surface area contributed by atoms with E-state index >= 15 is 0 Å². The topological polar surface area (TPSA) is 36.5 Å². The van der Waals surface area contributed by atoms with Gasteiger partial charge in [0.1, 0.15) is 0 Å². The Morgan fingerprint density at radius 1 is 1.32 bits per heavy atom. The maximum atomic E-state index is 5.37. The highest BCUT2D eigenvalue weighted by Gasteiger charge is 2.20. The average molecular weight is 321 g/mol. The normalized spacial score (nSPS) is 17.9. The summed E-state index contributed by atoms with van der Waals surface area (Å²) in [6, 6.07) is 11.4. The van der Waals surface area contributed by atoms with Crippen LogP contribution >= 0.6 is 12.2 Å². The molecule has 2 N–H and O–H groups in total. The quantitative estimate of drug-likeness (QED) is 0.785. The van der Waals surface area contributed by atoms with Crippen molar-refractivity contribution < 1.29 is 4.74 Å². The number of methoxy groups -OCH3 is 1. The molecule has 0 aromatic heterocycles. The van der Waals surface area contributed by atoms with Gasteiger partial charge in [0.05, 0.1) is 6.61 Å². The second kappa shape index (κ2) is 9.08. The maximum absolute atomic E-state index is 5.37. The van der Waals surface area contributed by atoms with Crippen molar-refractivity contribution in [1.82, 2.24) is 15.5 Å². The van der Waals surface area contributed by atoms with Gasteiger partial charge in [-0.25, -0.2) is 0 Å². The van der Waals surface area contributed by atoms with Crippen molar-refractivity contribution >= 4 is 17.3 Å². The fraction of sp³-hybridized carbons (Fsp3) is 0.588. The van der Waals surface area contributed by atoms with Gasteiger partial charge >= 0.3 is 0 Å². The Labute approximate surface area is 139 Å². The van der Waals surface area contributed by atoms with Gasteiger partial charge in [0.15, 0.2) is 5.11 Å². The first-order valence-electron chi connectivity index (χ1n) is 7.99. The van der Waals surface area contributed by atoms with Gasteiger partial charge in [0.2, 0.25) is 0 Å². The highest BCUT2D eigenvalue weighted by molar-refractivity contribution is 7.80. The number of nitrogens with zero attached hydrogens (tertiary/aromatic N) is 1. The molecule has 1 aliphatic heterocycles. The van der Waals surface area contributed by atoms with Gasteiger partial charge in [0, 0.05) is 38.8 Å². The van der Waals surface area contributed by atoms with Crippen LogP contribution in [0.4, 0.5) is 0 Å². The number of piperidine rings is 1. The number of rotatable bonds is 6. The van der Waals surface area contributed by atoms with E-state index in [-0.39, 0.29) is 6.04 Å². The molecule has 22 heavy (non-hydrogen) atoms. The number of hydrogen-bond donors (Lipinski definition) is 2. The molecule has 0 radical (unpaired) electrons. The predicted octanol–water partition coefficient (Wildman–Crippen LogP) is 2.15. The van der Waals surface area contributed by atoms with Crippen molar-refractivity contribution in [1.29, 1.82) is 0 Å². The highest BCUT2D eigenvalue weighted by Crippen LogP contribution is 2.13. The van der Waals surface area contributed by atoms with Crippen molar-refractivity contribution in [3.05, 3.63) is 35.9 Å². The van der Waals surface area contributed by atoms with Crippen LogP contribution in [0.2, 0.25) is 0 Å². The summed E-state index contributed by atoms with van der Waals surface area (Å²) in [4.78, 5) is 2.51. The van der Waals surface area contributed by atoms with E-state index in [9.17, 15) is 0 Å². The molecule has 1 fully saturated rings. The minimum Gasteiger partial charge on any atom is -0.383 e. The van der Waals surface area contributed by atoms with Gasteiger partial charge < -0.3 is 15.4 Å². The van der Waals surface area contributed by atoms with Gasteiger partial charge in [0.25, 0.3) is 0 Å². The van der Waals surface area contributed by atoms with Crippen molar-refractivity contribution in [2.75, 3.05) is 26.8 Å². The van der Waals surface area contributed by atoms with Crippen molar-refractivity contribution in [2.45, 2.75) is 38.4 Å². The van der Waals surface area contributed by atoms with E-state index in [1.54, 1.807) is 7.11 Å². The number of thiocarbonyl (C=S) groups is 1. The molecule has 122 valence electrons. The van der Waals surface area contributed by atoms with Crippen LogP contribution in [0.25, 0.3) is 0 Å². The van der Waals surface area contributed by atoms with Crippen LogP contribution in [0, 0.1) is 0 Å². The van der Waals surface area contributed by atoms with Crippen molar-refractivity contribution in [3.63, 3.8) is 0 Å². The van der Waals surface area contributed by atoms with Gasteiger partial charge in [-0.05, 0) is 37.5 Å². The largest absolute Gasteiger partial charge is 0.383 e. The molecule has 1 atom stereocenters. The molecular formula is C17H27N3OS. The maximum Gasteiger partial charge on any atom is 0.166 e. The van der Waals surface area contributed by atoms with Gasteiger partial charge in [-0.3, -0.25) is 4.90 Å². The second-order valence-electron chi connectivity index (χ2n) is 6.01. The lowest BCUT2D eigenvalue weighted by Crippen LogP contribution is -2.50. The Hall–Kier alpha value is -1.17. The lowest BCUT2D eigenvalue weighted by atomic mass is 10.0. The molecule has 1 aromatic carbocycles. The summed E-state index contributed by atoms with van der Waals surface area (Å²) in [5.41, 5.74) is 1.39. The second-order valence-corrected chi connectivity index (χ2v) is 6.42. The number of ether oxygens (including phenoxy) is 1. The molecule has 0 bridgehead atoms. The van der Waals surface area contributed by atoms with Crippen LogP contribution in [0.1, 0.15) is 25.3 Å². The Kier molecular flexibility index (Phi) is 7.09. The van der Waals surface area contributed by atoms with Crippen LogP contribution in [-0.2, 0) is 11.3 Å². The summed E-state index contributed by atoms with van der Waals surface area (Å²) in [6.45, 7) is 6.00. The van der Waals surface area contributed by atoms with E-state index in [0.29, 0.717) is 12.6 Å². The van der Waals surface area contributed by atoms with E-state index in [2.05, 4.69) is 52.8 Å². The third-order valence-corrected chi connectivity index (χ3v) is 4.20. The van der Waals surface area contributed by atoms with E-state index in [0.717, 1.165) is 37.6 Å². The standard InChI is InChI=1S/C17H27N3OS/c1-14(13-21-2)18-17(22)19-16-8-10-20(11-9-16)12-15-6-4-3-5-7-15/h3-7,14,16H,8-13H2,1-2H3,(H2,18,19,22). The smallest absolute Gasteiger partial charge is 0.166 e. The van der Waals surface area contributed by atoms with E-state index in [1.165, 1.54) is 5.56 Å². The Balaban J connectivity index is 1.67. The zero-order valence-corrected chi connectivity index (χ0v) is 14.4. The average Bonchev–Trinajstić information content (AvgIpc) is 2.50. The summed E-state index contributed by atoms with van der Waals surface area (Å²) >= 11 is 5.37. The summed E-state index contributed by atoms with van der Waals surface area (Å²) < 4.78 is 5.11. The summed E-state index contributed by atoms with van der Waals surface area (Å²) in [5, 5.41) is 7.43. The van der Waals surface area contributed by atoms with Gasteiger partial charge in [-0.2, -0.15) is 0 Å². The first-order chi connectivity index (χ1) is 10.7. The van der Waals surface area contributed by atoms with Crippen LogP contribution in [0.15, 0.2) is 30.3 Å². The summed E-state index contributed by atoms with van der Waals surface area (Å²) in [6.07, 6.45) is 2.26. The minimum atomic E-state index is 0.239. The van der Waals surface area contributed by atoms with E-state index < -0.39 is 0 Å². The summed E-state index contributed by atoms with van der Waals surface area (Å²) in [7, 11) is 1.71. The molecule has 1 unspecified atom stereocenters. The predicted molar refractivity (Wildman–Crippen MR) is 94.9 cm³/mol. The molecule has 0 aliphatic carbocycles. The zero-order valence-electron chi connectivity index (χ0n) is 13.5. The molecule has 0 amide bonds. The van der Waals surface area contributed by atoms with Crippen LogP contribution in [-0.4, -0.2) is 48.9 Å². The monoisotopic (exact) mass is 321 g/mol. The Bertz CT molecular complexity index is 446. The van der Waals surface area contributed by atoms with E-state index in [4.69, 9.17) is 17.0 Å². The third kappa shape index (κ3) is 5.91. The zero-order chi connectivity index (χ0) is 15.8. The number of likely N-dealkylation sites (tertiary alicyclic amines) is 1. The van der Waals surface area contributed by atoms with E-state index in [1.807, 2.05) is 0 Å². The Morgan fingerprint density at radius 3 is 2.64 bits per heavy atom. The molecule has 1 aromatic rings. The van der Waals surface area contributed by atoms with Crippen molar-refractivity contribution in [2.24, 2.45) is 0 Å². The number of benzene rings is 1. The third-order valence-electron chi connectivity index (χ3n) is 3.97. The lowest BCUT2D eigenvalue weighted by molar-refractivity contribution is 0.178. The highest BCUT2D eigenvalue weighted by atomic mass is 32.1. The number of nitrogens with one attached hydrogen (secondary N) is 2. The number of hydrogen-bond acceptors (Lipinski definition) is 3. The molecule has 4 nitrogen and oxygen atoms in total. The molecule has 0 spiro atoms. The molecule has 1 aliphatic rings. The van der Waals surface area contributed by atoms with Crippen LogP contribution < -0.4 is 10.6 Å². The van der Waals surface area contributed by atoms with Gasteiger partial charge in [-0.1, -0.05) is 30.3 Å². The lowest BCUT2D eigenvalue weighted by Gasteiger charge is -2.33. The molecule has 0 saturated carbocycles. The van der Waals surface area contributed by atoms with Crippen molar-refractivity contribution in [3.8, 4) is 0 Å². The molecule has 1 heterocycles. The first kappa shape index (κ1) is 17.2. The van der Waals surface area contributed by atoms with Crippen LogP contribution in [0.3, 0.4) is 0 Å². The minimum absolute atomic E-state index is 0.239. The molecule has 2 rings (SSSR count). The SMILES string of the molecule is COCC(C)NC(=S)NC1CCN(Cc2ccccc2)CC1. The molecule has 1 saturated heterocycles. The van der Waals surface area contributed by atoms with Gasteiger partial charge in [-0.15, -0.1) is 0 Å². The fourth-order valence-electron chi connectivity index (χ4n) is 2.82. The molecular weight excluding hydrogens is 294 g/mol. The first-order valence-corrected chi connectivity index (χ1v) is 8.40. The van der Waals surface area contributed by atoms with Crippen LogP contribution in [0.5, 0.6) is 0 Å². The summed E-state index contributed by atoms with van der Waals surface area (Å²) in [5.74, 6) is 0.